The summed E-state index contributed by atoms with van der Waals surface area (Å²) in [5.41, 5.74) is -0.764. The van der Waals surface area contributed by atoms with Crippen LogP contribution in [0.2, 0.25) is 0 Å². The number of piperidine rings is 1. The van der Waals surface area contributed by atoms with E-state index in [4.69, 9.17) is 9.47 Å². The highest BCUT2D eigenvalue weighted by atomic mass is 19.2. The van der Waals surface area contributed by atoms with Gasteiger partial charge in [-0.25, -0.2) is 8.78 Å². The lowest BCUT2D eigenvalue weighted by Crippen LogP contribution is -2.29. The van der Waals surface area contributed by atoms with Gasteiger partial charge in [-0.15, -0.1) is 0 Å². The Morgan fingerprint density at radius 1 is 0.893 bits per heavy atom. The monoisotopic (exact) mass is 395 g/mol. The molecule has 0 aromatic heterocycles. The summed E-state index contributed by atoms with van der Waals surface area (Å²) in [7, 11) is 1.34. The number of likely N-dealkylation sites (tertiary alicyclic amines) is 1. The summed E-state index contributed by atoms with van der Waals surface area (Å²) in [4.78, 5) is 2.11. The molecule has 0 N–H and O–H groups in total. The molecule has 1 heterocycles. The molecule has 7 heteroatoms. The first-order valence-corrected chi connectivity index (χ1v) is 9.08. The van der Waals surface area contributed by atoms with Gasteiger partial charge in [-0.2, -0.15) is 8.78 Å². The predicted molar refractivity (Wildman–Crippen MR) is 98.7 cm³/mol. The lowest BCUT2D eigenvalue weighted by molar-refractivity contribution is 0.252. The summed E-state index contributed by atoms with van der Waals surface area (Å²) < 4.78 is 67.7. The Kier molecular flexibility index (Phi) is 6.57. The SMILES string of the molecule is COc1ccccc1Oc1c(F)c(F)c(C=CCN2CCCCC2)c(F)c1F. The van der Waals surface area contributed by atoms with Gasteiger partial charge in [-0.05, 0) is 38.1 Å². The molecule has 1 aliphatic heterocycles. The molecule has 1 fully saturated rings. The van der Waals surface area contributed by atoms with Crippen LogP contribution >= 0.6 is 0 Å². The second-order valence-electron chi connectivity index (χ2n) is 6.52. The summed E-state index contributed by atoms with van der Waals surface area (Å²) >= 11 is 0. The Labute approximate surface area is 161 Å². The van der Waals surface area contributed by atoms with E-state index in [1.807, 2.05) is 0 Å². The Morgan fingerprint density at radius 3 is 2.11 bits per heavy atom. The average Bonchev–Trinajstić information content (AvgIpc) is 2.73. The standard InChI is InChI=1S/C21H21F4NO2/c1-27-15-9-3-4-10-16(15)28-21-19(24)17(22)14(18(23)20(21)25)8-7-13-26-11-5-2-6-12-26/h3-4,7-10H,2,5-6,11-13H2,1H3. The van der Waals surface area contributed by atoms with Gasteiger partial charge in [-0.3, -0.25) is 4.90 Å². The van der Waals surface area contributed by atoms with Crippen LogP contribution in [-0.4, -0.2) is 31.6 Å². The molecule has 0 saturated carbocycles. The maximum Gasteiger partial charge on any atom is 0.205 e. The molecule has 0 atom stereocenters. The molecule has 150 valence electrons. The number of hydrogen-bond acceptors (Lipinski definition) is 3. The first kappa shape index (κ1) is 20.2. The normalized spacial score (nSPS) is 15.2. The molecule has 0 aliphatic carbocycles. The molecule has 0 bridgehead atoms. The third-order valence-electron chi connectivity index (χ3n) is 4.63. The van der Waals surface area contributed by atoms with E-state index in [2.05, 4.69) is 4.90 Å². The van der Waals surface area contributed by atoms with E-state index in [1.165, 1.54) is 31.4 Å². The van der Waals surface area contributed by atoms with Crippen LogP contribution in [0.4, 0.5) is 17.6 Å². The van der Waals surface area contributed by atoms with Crippen molar-refractivity contribution in [2.75, 3.05) is 26.7 Å². The fourth-order valence-electron chi connectivity index (χ4n) is 3.14. The number of methoxy groups -OCH3 is 1. The number of para-hydroxylation sites is 2. The highest BCUT2D eigenvalue weighted by Gasteiger charge is 2.26. The van der Waals surface area contributed by atoms with Gasteiger partial charge in [0.1, 0.15) is 0 Å². The predicted octanol–water partition coefficient (Wildman–Crippen LogP) is 5.54. The first-order valence-electron chi connectivity index (χ1n) is 9.08. The Morgan fingerprint density at radius 2 is 1.50 bits per heavy atom. The number of hydrogen-bond donors (Lipinski definition) is 0. The van der Waals surface area contributed by atoms with Gasteiger partial charge in [0.2, 0.25) is 17.4 Å². The number of rotatable bonds is 6. The van der Waals surface area contributed by atoms with Crippen LogP contribution in [0.3, 0.4) is 0 Å². The van der Waals surface area contributed by atoms with Crippen LogP contribution in [0.25, 0.3) is 6.08 Å². The zero-order valence-corrected chi connectivity index (χ0v) is 15.5. The molecular weight excluding hydrogens is 374 g/mol. The van der Waals surface area contributed by atoms with Crippen LogP contribution in [-0.2, 0) is 0 Å². The summed E-state index contributed by atoms with van der Waals surface area (Å²) in [6.45, 7) is 2.25. The Hall–Kier alpha value is -2.54. The van der Waals surface area contributed by atoms with Gasteiger partial charge in [0.25, 0.3) is 0 Å². The quantitative estimate of drug-likeness (QED) is 0.473. The molecule has 0 amide bonds. The lowest BCUT2D eigenvalue weighted by atomic mass is 10.1. The van der Waals surface area contributed by atoms with Crippen LogP contribution in [0.5, 0.6) is 17.2 Å². The van der Waals surface area contributed by atoms with E-state index in [9.17, 15) is 17.6 Å². The second kappa shape index (κ2) is 9.10. The van der Waals surface area contributed by atoms with E-state index >= 15 is 0 Å². The highest BCUT2D eigenvalue weighted by Crippen LogP contribution is 2.37. The maximum absolute atomic E-state index is 14.4. The van der Waals surface area contributed by atoms with Crippen molar-refractivity contribution in [1.29, 1.82) is 0 Å². The van der Waals surface area contributed by atoms with E-state index in [0.717, 1.165) is 38.4 Å². The molecule has 3 nitrogen and oxygen atoms in total. The molecule has 1 aliphatic rings. The van der Waals surface area contributed by atoms with E-state index in [0.29, 0.717) is 6.54 Å². The van der Waals surface area contributed by atoms with Gasteiger partial charge >= 0.3 is 0 Å². The number of ether oxygens (including phenoxy) is 2. The van der Waals surface area contributed by atoms with Crippen molar-refractivity contribution in [3.05, 3.63) is 59.2 Å². The van der Waals surface area contributed by atoms with Gasteiger partial charge in [0, 0.05) is 6.54 Å². The third-order valence-corrected chi connectivity index (χ3v) is 4.63. The van der Waals surface area contributed by atoms with Crippen LogP contribution < -0.4 is 9.47 Å². The van der Waals surface area contributed by atoms with Crippen LogP contribution in [0.15, 0.2) is 30.3 Å². The molecule has 0 spiro atoms. The highest BCUT2D eigenvalue weighted by molar-refractivity contribution is 5.55. The minimum atomic E-state index is -1.59. The van der Waals surface area contributed by atoms with Crippen molar-refractivity contribution in [2.45, 2.75) is 19.3 Å². The number of nitrogens with zero attached hydrogens (tertiary/aromatic N) is 1. The van der Waals surface area contributed by atoms with Crippen molar-refractivity contribution in [3.63, 3.8) is 0 Å². The van der Waals surface area contributed by atoms with Crippen molar-refractivity contribution in [3.8, 4) is 17.2 Å². The lowest BCUT2D eigenvalue weighted by Gasteiger charge is -2.24. The van der Waals surface area contributed by atoms with Crippen molar-refractivity contribution in [1.82, 2.24) is 4.90 Å². The molecule has 2 aromatic carbocycles. The Bertz CT molecular complexity index is 835. The summed E-state index contributed by atoms with van der Waals surface area (Å²) in [5, 5.41) is 0. The Balaban J connectivity index is 1.86. The van der Waals surface area contributed by atoms with Gasteiger partial charge < -0.3 is 9.47 Å². The first-order chi connectivity index (χ1) is 13.5. The average molecular weight is 395 g/mol. The molecule has 28 heavy (non-hydrogen) atoms. The van der Waals surface area contributed by atoms with Crippen molar-refractivity contribution in [2.24, 2.45) is 0 Å². The van der Waals surface area contributed by atoms with Gasteiger partial charge in [0.15, 0.2) is 23.1 Å². The fourth-order valence-corrected chi connectivity index (χ4v) is 3.14. The van der Waals surface area contributed by atoms with E-state index in [-0.39, 0.29) is 11.5 Å². The van der Waals surface area contributed by atoms with Gasteiger partial charge in [0.05, 0.1) is 12.7 Å². The van der Waals surface area contributed by atoms with E-state index < -0.39 is 34.6 Å². The molecule has 1 saturated heterocycles. The minimum absolute atomic E-state index is 0.0602. The minimum Gasteiger partial charge on any atom is -0.493 e. The van der Waals surface area contributed by atoms with Crippen molar-refractivity contribution < 1.29 is 27.0 Å². The second-order valence-corrected chi connectivity index (χ2v) is 6.52. The number of halogens is 4. The van der Waals surface area contributed by atoms with Gasteiger partial charge in [-0.1, -0.05) is 30.7 Å². The largest absolute Gasteiger partial charge is 0.493 e. The smallest absolute Gasteiger partial charge is 0.205 e. The van der Waals surface area contributed by atoms with Crippen molar-refractivity contribution >= 4 is 6.08 Å². The zero-order chi connectivity index (χ0) is 20.1. The number of benzene rings is 2. The summed E-state index contributed by atoms with van der Waals surface area (Å²) in [5.74, 6) is -7.22. The molecule has 3 rings (SSSR count). The third kappa shape index (κ3) is 4.30. The zero-order valence-electron chi connectivity index (χ0n) is 15.5. The molecule has 0 unspecified atom stereocenters. The van der Waals surface area contributed by atoms with Crippen LogP contribution in [0, 0.1) is 23.3 Å². The van der Waals surface area contributed by atoms with Crippen LogP contribution in [0.1, 0.15) is 24.8 Å². The fraction of sp³-hybridized carbons (Fsp3) is 0.333. The van der Waals surface area contributed by atoms with E-state index in [1.54, 1.807) is 6.07 Å². The molecule has 2 aromatic rings. The molecule has 0 radical (unpaired) electrons. The summed E-state index contributed by atoms with van der Waals surface area (Å²) in [6, 6.07) is 6.03. The summed E-state index contributed by atoms with van der Waals surface area (Å²) in [6.07, 6.45) is 5.86. The maximum atomic E-state index is 14.4. The topological polar surface area (TPSA) is 21.7 Å². The molecular formula is C21H21F4NO2.